The highest BCUT2D eigenvalue weighted by Crippen LogP contribution is 2.35. The molecule has 1 heterocycles. The molecule has 0 unspecified atom stereocenters. The first-order valence-corrected chi connectivity index (χ1v) is 9.00. The Bertz CT molecular complexity index is 737. The number of ether oxygens (including phenoxy) is 2. The second kappa shape index (κ2) is 8.29. The normalized spacial score (nSPS) is 17.0. The fourth-order valence-corrected chi connectivity index (χ4v) is 3.10. The van der Waals surface area contributed by atoms with Gasteiger partial charge in [0.2, 0.25) is 0 Å². The standard InChI is InChI=1S/C18H23ClF2N2O4/c1-5-26-16(24)11-8-12(20)15(13(19)14(11)21)23-7-6-10(9-23)22-17(25)27-18(2,3)4/h8,10H,5-7,9H2,1-4H3,(H,22,25)/t10-/m0/s1. The van der Waals surface area contributed by atoms with Gasteiger partial charge in [0.05, 0.1) is 23.9 Å². The lowest BCUT2D eigenvalue weighted by Crippen LogP contribution is -2.40. The fraction of sp³-hybridized carbons (Fsp3) is 0.556. The number of hydrogen-bond donors (Lipinski definition) is 1. The highest BCUT2D eigenvalue weighted by molar-refractivity contribution is 6.33. The number of hydrogen-bond acceptors (Lipinski definition) is 5. The topological polar surface area (TPSA) is 67.9 Å². The van der Waals surface area contributed by atoms with E-state index < -0.39 is 39.9 Å². The summed E-state index contributed by atoms with van der Waals surface area (Å²) in [5, 5.41) is 2.21. The summed E-state index contributed by atoms with van der Waals surface area (Å²) in [6, 6.07) is 0.478. The van der Waals surface area contributed by atoms with Gasteiger partial charge in [0.25, 0.3) is 0 Å². The van der Waals surface area contributed by atoms with E-state index in [0.717, 1.165) is 6.07 Å². The van der Waals surface area contributed by atoms with E-state index in [2.05, 4.69) is 5.32 Å². The molecule has 2 rings (SSSR count). The number of nitrogens with one attached hydrogen (secondary N) is 1. The van der Waals surface area contributed by atoms with E-state index in [4.69, 9.17) is 21.1 Å². The molecule has 1 aliphatic rings. The van der Waals surface area contributed by atoms with Gasteiger partial charge in [-0.2, -0.15) is 0 Å². The Labute approximate surface area is 161 Å². The molecule has 1 aromatic carbocycles. The summed E-state index contributed by atoms with van der Waals surface area (Å²) in [6.07, 6.45) is -0.0688. The average Bonchev–Trinajstić information content (AvgIpc) is 2.97. The minimum atomic E-state index is -1.03. The Hall–Kier alpha value is -2.09. The number of anilines is 1. The minimum absolute atomic E-state index is 0.0312. The lowest BCUT2D eigenvalue weighted by molar-refractivity contribution is 0.0502. The average molecular weight is 405 g/mol. The second-order valence-electron chi connectivity index (χ2n) is 7.18. The van der Waals surface area contributed by atoms with Crippen molar-refractivity contribution in [2.75, 3.05) is 24.6 Å². The Kier molecular flexibility index (Phi) is 6.51. The zero-order valence-electron chi connectivity index (χ0n) is 15.7. The highest BCUT2D eigenvalue weighted by atomic mass is 35.5. The van der Waals surface area contributed by atoms with Gasteiger partial charge in [0, 0.05) is 13.1 Å². The number of amides is 1. The third-order valence-electron chi connectivity index (χ3n) is 3.86. The molecule has 1 aliphatic heterocycles. The Morgan fingerprint density at radius 3 is 2.63 bits per heavy atom. The molecule has 0 spiro atoms. The highest BCUT2D eigenvalue weighted by Gasteiger charge is 2.31. The number of alkyl carbamates (subject to hydrolysis) is 1. The van der Waals surface area contributed by atoms with Crippen LogP contribution in [0.5, 0.6) is 0 Å². The van der Waals surface area contributed by atoms with Crippen LogP contribution in [0.4, 0.5) is 19.3 Å². The van der Waals surface area contributed by atoms with Crippen LogP contribution in [0, 0.1) is 11.6 Å². The van der Waals surface area contributed by atoms with Crippen molar-refractivity contribution in [1.82, 2.24) is 5.32 Å². The summed E-state index contributed by atoms with van der Waals surface area (Å²) in [5.74, 6) is -2.84. The fourth-order valence-electron chi connectivity index (χ4n) is 2.79. The summed E-state index contributed by atoms with van der Waals surface area (Å²) in [6.45, 7) is 7.42. The van der Waals surface area contributed by atoms with Gasteiger partial charge in [-0.25, -0.2) is 18.4 Å². The molecule has 1 saturated heterocycles. The first kappa shape index (κ1) is 21.2. The maximum atomic E-state index is 14.5. The van der Waals surface area contributed by atoms with Gasteiger partial charge in [-0.05, 0) is 40.2 Å². The molecule has 1 fully saturated rings. The molecule has 1 aromatic rings. The summed E-state index contributed by atoms with van der Waals surface area (Å²) >= 11 is 5.99. The number of rotatable bonds is 4. The van der Waals surface area contributed by atoms with Crippen molar-refractivity contribution in [2.24, 2.45) is 0 Å². The van der Waals surface area contributed by atoms with Crippen molar-refractivity contribution in [1.29, 1.82) is 0 Å². The smallest absolute Gasteiger partial charge is 0.407 e. The van der Waals surface area contributed by atoms with Crippen LogP contribution >= 0.6 is 11.6 Å². The van der Waals surface area contributed by atoms with Crippen LogP contribution in [-0.2, 0) is 9.47 Å². The summed E-state index contributed by atoms with van der Waals surface area (Å²) < 4.78 is 38.9. The zero-order valence-corrected chi connectivity index (χ0v) is 16.5. The third-order valence-corrected chi connectivity index (χ3v) is 4.20. The van der Waals surface area contributed by atoms with Crippen molar-refractivity contribution in [3.05, 3.63) is 28.3 Å². The van der Waals surface area contributed by atoms with E-state index >= 15 is 0 Å². The van der Waals surface area contributed by atoms with Gasteiger partial charge in [-0.15, -0.1) is 0 Å². The van der Waals surface area contributed by atoms with Crippen LogP contribution in [0.2, 0.25) is 5.02 Å². The van der Waals surface area contributed by atoms with Crippen LogP contribution in [0.3, 0.4) is 0 Å². The van der Waals surface area contributed by atoms with E-state index in [1.54, 1.807) is 27.7 Å². The molecule has 0 radical (unpaired) electrons. The van der Waals surface area contributed by atoms with Gasteiger partial charge in [0.1, 0.15) is 16.4 Å². The molecular weight excluding hydrogens is 382 g/mol. The quantitative estimate of drug-likeness (QED) is 0.609. The van der Waals surface area contributed by atoms with Gasteiger partial charge in [0.15, 0.2) is 5.82 Å². The molecule has 1 atom stereocenters. The van der Waals surface area contributed by atoms with E-state index in [9.17, 15) is 18.4 Å². The van der Waals surface area contributed by atoms with E-state index in [-0.39, 0.29) is 24.9 Å². The molecule has 0 bridgehead atoms. The molecule has 0 saturated carbocycles. The van der Waals surface area contributed by atoms with Crippen LogP contribution in [0.1, 0.15) is 44.5 Å². The van der Waals surface area contributed by atoms with Crippen LogP contribution in [0.25, 0.3) is 0 Å². The molecule has 0 aromatic heterocycles. The summed E-state index contributed by atoms with van der Waals surface area (Å²) in [5.41, 5.74) is -1.33. The number of carbonyl (C=O) groups excluding carboxylic acids is 2. The van der Waals surface area contributed by atoms with Crippen molar-refractivity contribution >= 4 is 29.4 Å². The van der Waals surface area contributed by atoms with E-state index in [1.165, 1.54) is 4.90 Å². The lowest BCUT2D eigenvalue weighted by atomic mass is 10.1. The minimum Gasteiger partial charge on any atom is -0.462 e. The largest absolute Gasteiger partial charge is 0.462 e. The Morgan fingerprint density at radius 2 is 2.04 bits per heavy atom. The van der Waals surface area contributed by atoms with Gasteiger partial charge >= 0.3 is 12.1 Å². The van der Waals surface area contributed by atoms with Crippen molar-refractivity contribution in [2.45, 2.75) is 45.8 Å². The molecule has 9 heteroatoms. The summed E-state index contributed by atoms with van der Waals surface area (Å²) in [4.78, 5) is 25.1. The van der Waals surface area contributed by atoms with Crippen molar-refractivity contribution < 1.29 is 27.8 Å². The van der Waals surface area contributed by atoms with Crippen molar-refractivity contribution in [3.8, 4) is 0 Å². The van der Waals surface area contributed by atoms with Gasteiger partial charge in [-0.1, -0.05) is 11.6 Å². The number of esters is 1. The predicted octanol–water partition coefficient (Wildman–Crippen LogP) is 3.90. The number of carbonyl (C=O) groups is 2. The number of nitrogens with zero attached hydrogens (tertiary/aromatic N) is 1. The second-order valence-corrected chi connectivity index (χ2v) is 7.56. The SMILES string of the molecule is CCOC(=O)c1cc(F)c(N2CC[C@H](NC(=O)OC(C)(C)C)C2)c(Cl)c1F. The maximum absolute atomic E-state index is 14.5. The van der Waals surface area contributed by atoms with Gasteiger partial charge in [-0.3, -0.25) is 0 Å². The maximum Gasteiger partial charge on any atom is 0.407 e. The predicted molar refractivity (Wildman–Crippen MR) is 97.3 cm³/mol. The molecule has 27 heavy (non-hydrogen) atoms. The molecule has 1 amide bonds. The molecule has 0 aliphatic carbocycles. The van der Waals surface area contributed by atoms with Crippen molar-refractivity contribution in [3.63, 3.8) is 0 Å². The Morgan fingerprint density at radius 1 is 1.37 bits per heavy atom. The first-order chi connectivity index (χ1) is 12.5. The molecule has 1 N–H and O–H groups in total. The van der Waals surface area contributed by atoms with Crippen LogP contribution < -0.4 is 10.2 Å². The zero-order chi connectivity index (χ0) is 20.4. The molecule has 6 nitrogen and oxygen atoms in total. The van der Waals surface area contributed by atoms with E-state index in [0.29, 0.717) is 13.0 Å². The molecule has 150 valence electrons. The number of halogens is 3. The summed E-state index contributed by atoms with van der Waals surface area (Å²) in [7, 11) is 0. The van der Waals surface area contributed by atoms with Crippen LogP contribution in [-0.4, -0.2) is 43.4 Å². The monoisotopic (exact) mass is 404 g/mol. The third kappa shape index (κ3) is 5.22. The first-order valence-electron chi connectivity index (χ1n) is 8.62. The van der Waals surface area contributed by atoms with Crippen LogP contribution in [0.15, 0.2) is 6.07 Å². The lowest BCUT2D eigenvalue weighted by Gasteiger charge is -2.23. The Balaban J connectivity index is 2.14. The molecular formula is C18H23ClF2N2O4. The number of benzene rings is 1. The van der Waals surface area contributed by atoms with Gasteiger partial charge < -0.3 is 19.7 Å². The van der Waals surface area contributed by atoms with E-state index in [1.807, 2.05) is 0 Å².